The molecule has 1 aliphatic heterocycles. The minimum Gasteiger partial charge on any atom is -0.356 e. The number of rotatable bonds is 5. The Morgan fingerprint density at radius 3 is 2.35 bits per heavy atom. The van der Waals surface area contributed by atoms with E-state index in [1.54, 1.807) is 17.0 Å². The van der Waals surface area contributed by atoms with Gasteiger partial charge in [-0.25, -0.2) is 4.39 Å². The van der Waals surface area contributed by atoms with Crippen molar-refractivity contribution >= 4 is 11.8 Å². The summed E-state index contributed by atoms with van der Waals surface area (Å²) in [6, 6.07) is 16.0. The number of amides is 2. The van der Waals surface area contributed by atoms with E-state index in [4.69, 9.17) is 0 Å². The maximum atomic E-state index is 13.8. The van der Waals surface area contributed by atoms with E-state index in [9.17, 15) is 14.0 Å². The van der Waals surface area contributed by atoms with Crippen molar-refractivity contribution in [1.82, 2.24) is 10.2 Å². The Balaban J connectivity index is 1.45. The first kappa shape index (κ1) is 18.1. The first-order valence-electron chi connectivity index (χ1n) is 9.00. The van der Waals surface area contributed by atoms with Crippen LogP contribution in [0.1, 0.15) is 28.8 Å². The van der Waals surface area contributed by atoms with Crippen LogP contribution in [0.3, 0.4) is 0 Å². The molecule has 0 saturated carbocycles. The van der Waals surface area contributed by atoms with Crippen LogP contribution in [-0.4, -0.2) is 36.3 Å². The highest BCUT2D eigenvalue weighted by molar-refractivity contribution is 5.94. The number of piperidine rings is 1. The van der Waals surface area contributed by atoms with Gasteiger partial charge in [-0.15, -0.1) is 0 Å². The molecule has 0 unspecified atom stereocenters. The summed E-state index contributed by atoms with van der Waals surface area (Å²) >= 11 is 0. The van der Waals surface area contributed by atoms with E-state index in [-0.39, 0.29) is 23.3 Å². The molecule has 0 aliphatic carbocycles. The van der Waals surface area contributed by atoms with Gasteiger partial charge in [0.1, 0.15) is 5.82 Å². The molecule has 4 nitrogen and oxygen atoms in total. The van der Waals surface area contributed by atoms with Gasteiger partial charge in [0.05, 0.1) is 5.56 Å². The zero-order chi connectivity index (χ0) is 18.4. The first-order valence-corrected chi connectivity index (χ1v) is 9.00. The van der Waals surface area contributed by atoms with Crippen LogP contribution in [0.5, 0.6) is 0 Å². The Hall–Kier alpha value is -2.69. The van der Waals surface area contributed by atoms with Gasteiger partial charge in [0.2, 0.25) is 5.91 Å². The van der Waals surface area contributed by atoms with Crippen LogP contribution in [0.15, 0.2) is 54.6 Å². The third-order valence-corrected chi connectivity index (χ3v) is 4.81. The lowest BCUT2D eigenvalue weighted by Gasteiger charge is -2.31. The summed E-state index contributed by atoms with van der Waals surface area (Å²) < 4.78 is 13.8. The molecule has 1 N–H and O–H groups in total. The molecule has 2 aromatic rings. The molecule has 0 aromatic heterocycles. The van der Waals surface area contributed by atoms with Gasteiger partial charge in [-0.05, 0) is 37.0 Å². The molecule has 1 fully saturated rings. The Morgan fingerprint density at radius 2 is 1.65 bits per heavy atom. The highest BCUT2D eigenvalue weighted by Gasteiger charge is 2.28. The van der Waals surface area contributed by atoms with Crippen LogP contribution in [0.25, 0.3) is 0 Å². The van der Waals surface area contributed by atoms with Gasteiger partial charge in [-0.3, -0.25) is 9.59 Å². The highest BCUT2D eigenvalue weighted by Crippen LogP contribution is 2.20. The molecule has 1 aliphatic rings. The largest absolute Gasteiger partial charge is 0.356 e. The summed E-state index contributed by atoms with van der Waals surface area (Å²) in [7, 11) is 0. The van der Waals surface area contributed by atoms with Crippen molar-refractivity contribution in [2.75, 3.05) is 19.6 Å². The van der Waals surface area contributed by atoms with Gasteiger partial charge in [0, 0.05) is 25.6 Å². The number of carbonyl (C=O) groups excluding carboxylic acids is 2. The second kappa shape index (κ2) is 8.61. The monoisotopic (exact) mass is 354 g/mol. The summed E-state index contributed by atoms with van der Waals surface area (Å²) in [5.74, 6) is -0.848. The Morgan fingerprint density at radius 1 is 1.00 bits per heavy atom. The number of likely N-dealkylation sites (tertiary alicyclic amines) is 1. The van der Waals surface area contributed by atoms with Crippen LogP contribution >= 0.6 is 0 Å². The molecule has 5 heteroatoms. The summed E-state index contributed by atoms with van der Waals surface area (Å²) in [6.45, 7) is 1.56. The molecule has 1 heterocycles. The third-order valence-electron chi connectivity index (χ3n) is 4.81. The van der Waals surface area contributed by atoms with Gasteiger partial charge in [-0.1, -0.05) is 42.5 Å². The smallest absolute Gasteiger partial charge is 0.256 e. The highest BCUT2D eigenvalue weighted by atomic mass is 19.1. The Labute approximate surface area is 153 Å². The molecular weight excluding hydrogens is 331 g/mol. The van der Waals surface area contributed by atoms with E-state index in [1.807, 2.05) is 30.3 Å². The van der Waals surface area contributed by atoms with E-state index in [2.05, 4.69) is 5.32 Å². The number of carbonyl (C=O) groups is 2. The van der Waals surface area contributed by atoms with Crippen molar-refractivity contribution in [1.29, 1.82) is 0 Å². The van der Waals surface area contributed by atoms with Gasteiger partial charge in [0.25, 0.3) is 5.91 Å². The lowest BCUT2D eigenvalue weighted by molar-refractivity contribution is -0.126. The molecule has 26 heavy (non-hydrogen) atoms. The molecule has 136 valence electrons. The van der Waals surface area contributed by atoms with E-state index >= 15 is 0 Å². The summed E-state index contributed by atoms with van der Waals surface area (Å²) in [4.78, 5) is 26.4. The summed E-state index contributed by atoms with van der Waals surface area (Å²) in [5.41, 5.74) is 1.29. The van der Waals surface area contributed by atoms with E-state index in [0.717, 1.165) is 6.42 Å². The van der Waals surface area contributed by atoms with Gasteiger partial charge in [-0.2, -0.15) is 0 Å². The van der Waals surface area contributed by atoms with Crippen molar-refractivity contribution in [2.24, 2.45) is 5.92 Å². The van der Waals surface area contributed by atoms with Crippen LogP contribution in [0.4, 0.5) is 4.39 Å². The summed E-state index contributed by atoms with van der Waals surface area (Å²) in [5, 5.41) is 2.98. The number of nitrogens with zero attached hydrogens (tertiary/aromatic N) is 1. The van der Waals surface area contributed by atoms with E-state index in [0.29, 0.717) is 32.5 Å². The van der Waals surface area contributed by atoms with Gasteiger partial charge in [0.15, 0.2) is 0 Å². The molecule has 0 atom stereocenters. The fraction of sp³-hybridized carbons (Fsp3) is 0.333. The molecule has 3 rings (SSSR count). The Bertz CT molecular complexity index is 756. The molecule has 2 aromatic carbocycles. The minimum atomic E-state index is -0.502. The summed E-state index contributed by atoms with van der Waals surface area (Å²) in [6.07, 6.45) is 2.02. The molecule has 0 spiro atoms. The third kappa shape index (κ3) is 4.48. The molecular formula is C21H23FN2O2. The topological polar surface area (TPSA) is 49.4 Å². The molecule has 0 bridgehead atoms. The van der Waals surface area contributed by atoms with Crippen LogP contribution in [-0.2, 0) is 11.2 Å². The Kier molecular flexibility index (Phi) is 6.00. The maximum Gasteiger partial charge on any atom is 0.256 e. The quantitative estimate of drug-likeness (QED) is 0.897. The van der Waals surface area contributed by atoms with Crippen molar-refractivity contribution < 1.29 is 14.0 Å². The SMILES string of the molecule is O=C(NCCc1ccccc1)C1CCN(C(=O)c2ccccc2F)CC1. The second-order valence-electron chi connectivity index (χ2n) is 6.57. The molecule has 0 radical (unpaired) electrons. The van der Waals surface area contributed by atoms with Crippen molar-refractivity contribution in [3.63, 3.8) is 0 Å². The average Bonchev–Trinajstić information content (AvgIpc) is 2.69. The zero-order valence-corrected chi connectivity index (χ0v) is 14.7. The number of hydrogen-bond acceptors (Lipinski definition) is 2. The molecule has 2 amide bonds. The molecule has 1 saturated heterocycles. The fourth-order valence-electron chi connectivity index (χ4n) is 3.27. The minimum absolute atomic E-state index is 0.0407. The fourth-order valence-corrected chi connectivity index (χ4v) is 3.27. The second-order valence-corrected chi connectivity index (χ2v) is 6.57. The number of nitrogens with one attached hydrogen (secondary N) is 1. The van der Waals surface area contributed by atoms with Crippen molar-refractivity contribution in [3.8, 4) is 0 Å². The standard InChI is InChI=1S/C21H23FN2O2/c22-19-9-5-4-8-18(19)21(26)24-14-11-17(12-15-24)20(25)23-13-10-16-6-2-1-3-7-16/h1-9,17H,10-15H2,(H,23,25). The number of hydrogen-bond donors (Lipinski definition) is 1. The van der Waals surface area contributed by atoms with E-state index < -0.39 is 5.82 Å². The van der Waals surface area contributed by atoms with Crippen molar-refractivity contribution in [2.45, 2.75) is 19.3 Å². The van der Waals surface area contributed by atoms with Gasteiger partial charge >= 0.3 is 0 Å². The normalized spacial score (nSPS) is 14.9. The lowest BCUT2D eigenvalue weighted by atomic mass is 9.95. The van der Waals surface area contributed by atoms with Crippen LogP contribution in [0, 0.1) is 11.7 Å². The number of benzene rings is 2. The maximum absolute atomic E-state index is 13.8. The first-order chi connectivity index (χ1) is 12.6. The lowest BCUT2D eigenvalue weighted by Crippen LogP contribution is -2.43. The zero-order valence-electron chi connectivity index (χ0n) is 14.7. The van der Waals surface area contributed by atoms with Crippen LogP contribution in [0.2, 0.25) is 0 Å². The average molecular weight is 354 g/mol. The predicted molar refractivity (Wildman–Crippen MR) is 98.2 cm³/mol. The van der Waals surface area contributed by atoms with Gasteiger partial charge < -0.3 is 10.2 Å². The number of halogens is 1. The van der Waals surface area contributed by atoms with Crippen molar-refractivity contribution in [3.05, 3.63) is 71.5 Å². The predicted octanol–water partition coefficient (Wildman–Crippen LogP) is 3.04. The van der Waals surface area contributed by atoms with E-state index in [1.165, 1.54) is 17.7 Å². The van der Waals surface area contributed by atoms with Crippen LogP contribution < -0.4 is 5.32 Å².